The average Bonchev–Trinajstić information content (AvgIpc) is 3.70. The molecule has 0 saturated heterocycles. The minimum absolute atomic E-state index is 0.190. The third kappa shape index (κ3) is 3.58. The van der Waals surface area contributed by atoms with Crippen LogP contribution in [0.4, 0.5) is 17.1 Å². The average molecular weight is 657 g/mol. The van der Waals surface area contributed by atoms with Crippen molar-refractivity contribution in [2.45, 2.75) is 9.79 Å². The van der Waals surface area contributed by atoms with Crippen LogP contribution in [0.25, 0.3) is 16.6 Å². The molecule has 3 aliphatic rings. The number of para-hydroxylation sites is 2. The molecule has 3 aliphatic heterocycles. The third-order valence-electron chi connectivity index (χ3n) is 10.9. The number of nitrogens with zero attached hydrogens (tertiary/aromatic N) is 2. The lowest BCUT2D eigenvalue weighted by molar-refractivity contribution is 1.18. The number of rotatable bonds is 5. The van der Waals surface area contributed by atoms with Gasteiger partial charge in [-0.1, -0.05) is 145 Å². The highest BCUT2D eigenvalue weighted by Crippen LogP contribution is 2.47. The number of hydrogen-bond acceptors (Lipinski definition) is 2. The zero-order chi connectivity index (χ0) is 32.1. The molecular formula is C44H29BN2SSi. The maximum atomic E-state index is 2.59. The molecule has 0 amide bonds. The van der Waals surface area contributed by atoms with Crippen LogP contribution in [0.15, 0.2) is 186 Å². The molecule has 0 aliphatic carbocycles. The van der Waals surface area contributed by atoms with E-state index < -0.39 is 8.07 Å². The van der Waals surface area contributed by atoms with Crippen molar-refractivity contribution in [2.75, 3.05) is 4.90 Å². The molecule has 228 valence electrons. The van der Waals surface area contributed by atoms with E-state index in [1.807, 2.05) is 11.8 Å². The van der Waals surface area contributed by atoms with Crippen LogP contribution in [0.2, 0.25) is 0 Å². The van der Waals surface area contributed by atoms with Gasteiger partial charge in [0.15, 0.2) is 8.07 Å². The Morgan fingerprint density at radius 2 is 1.04 bits per heavy atom. The van der Waals surface area contributed by atoms with E-state index in [4.69, 9.17) is 0 Å². The smallest absolute Gasteiger partial charge is 0.273 e. The first-order valence-corrected chi connectivity index (χ1v) is 19.8. The van der Waals surface area contributed by atoms with E-state index in [0.29, 0.717) is 0 Å². The summed E-state index contributed by atoms with van der Waals surface area (Å²) in [6.45, 7) is 0.190. The molecule has 0 N–H and O–H groups in total. The van der Waals surface area contributed by atoms with Crippen LogP contribution in [0.1, 0.15) is 0 Å². The van der Waals surface area contributed by atoms with Crippen molar-refractivity contribution in [3.8, 4) is 5.69 Å². The fourth-order valence-corrected chi connectivity index (χ4v) is 15.2. The van der Waals surface area contributed by atoms with E-state index in [1.54, 1.807) is 0 Å². The maximum Gasteiger partial charge on any atom is 0.273 e. The van der Waals surface area contributed by atoms with Gasteiger partial charge in [0.25, 0.3) is 6.71 Å². The van der Waals surface area contributed by atoms with Crippen molar-refractivity contribution in [3.05, 3.63) is 176 Å². The predicted molar refractivity (Wildman–Crippen MR) is 210 cm³/mol. The second-order valence-corrected chi connectivity index (χ2v) is 18.1. The number of benzene rings is 7. The quantitative estimate of drug-likeness (QED) is 0.164. The lowest BCUT2D eigenvalue weighted by atomic mass is 9.37. The van der Waals surface area contributed by atoms with Crippen molar-refractivity contribution in [3.63, 3.8) is 0 Å². The van der Waals surface area contributed by atoms with Gasteiger partial charge < -0.3 is 9.47 Å². The molecule has 8 aromatic rings. The van der Waals surface area contributed by atoms with E-state index in [9.17, 15) is 0 Å². The highest BCUT2D eigenvalue weighted by atomic mass is 32.2. The van der Waals surface area contributed by atoms with Gasteiger partial charge in [0.1, 0.15) is 0 Å². The molecule has 4 heterocycles. The van der Waals surface area contributed by atoms with E-state index >= 15 is 0 Å². The molecule has 0 saturated carbocycles. The number of hydrogen-bond donors (Lipinski definition) is 0. The molecule has 0 spiro atoms. The normalized spacial score (nSPS) is 13.6. The van der Waals surface area contributed by atoms with Gasteiger partial charge in [-0.2, -0.15) is 0 Å². The summed E-state index contributed by atoms with van der Waals surface area (Å²) in [7, 11) is -2.79. The highest BCUT2D eigenvalue weighted by Gasteiger charge is 2.51. The summed E-state index contributed by atoms with van der Waals surface area (Å²) in [5.41, 5.74) is 10.7. The summed E-state index contributed by atoms with van der Waals surface area (Å²) in [5.74, 6) is 0. The van der Waals surface area contributed by atoms with Crippen molar-refractivity contribution >= 4 is 91.8 Å². The summed E-state index contributed by atoms with van der Waals surface area (Å²) >= 11 is 1.96. The molecular weight excluding hydrogens is 627 g/mol. The summed E-state index contributed by atoms with van der Waals surface area (Å²) < 4.78 is 2.56. The van der Waals surface area contributed by atoms with Gasteiger partial charge in [0, 0.05) is 37.8 Å². The zero-order valence-electron chi connectivity index (χ0n) is 26.6. The van der Waals surface area contributed by atoms with Crippen LogP contribution >= 0.6 is 11.8 Å². The van der Waals surface area contributed by atoms with Gasteiger partial charge in [-0.15, -0.1) is 0 Å². The van der Waals surface area contributed by atoms with Gasteiger partial charge in [-0.05, 0) is 74.1 Å². The Hall–Kier alpha value is -5.49. The van der Waals surface area contributed by atoms with Crippen LogP contribution in [-0.4, -0.2) is 19.4 Å². The van der Waals surface area contributed by atoms with Gasteiger partial charge in [0.2, 0.25) is 0 Å². The topological polar surface area (TPSA) is 8.17 Å². The van der Waals surface area contributed by atoms with Crippen LogP contribution in [0, 0.1) is 0 Å². The van der Waals surface area contributed by atoms with E-state index in [0.717, 1.165) is 0 Å². The number of aromatic nitrogens is 1. The molecule has 7 aromatic carbocycles. The summed E-state index contributed by atoms with van der Waals surface area (Å²) in [5, 5.41) is 6.88. The maximum absolute atomic E-state index is 2.79. The van der Waals surface area contributed by atoms with E-state index in [2.05, 4.69) is 185 Å². The third-order valence-corrected chi connectivity index (χ3v) is 16.8. The highest BCUT2D eigenvalue weighted by molar-refractivity contribution is 8.00. The Bertz CT molecular complexity index is 2490. The summed E-state index contributed by atoms with van der Waals surface area (Å²) in [4.78, 5) is 5.33. The largest absolute Gasteiger partial charge is 0.320 e. The minimum Gasteiger partial charge on any atom is -0.320 e. The minimum atomic E-state index is -2.79. The fourth-order valence-electron chi connectivity index (χ4n) is 9.06. The molecule has 0 bridgehead atoms. The lowest BCUT2D eigenvalue weighted by Gasteiger charge is -2.40. The molecule has 5 heteroatoms. The van der Waals surface area contributed by atoms with Gasteiger partial charge in [-0.25, -0.2) is 0 Å². The Morgan fingerprint density at radius 1 is 0.469 bits per heavy atom. The Labute approximate surface area is 291 Å². The van der Waals surface area contributed by atoms with Crippen LogP contribution in [0.3, 0.4) is 0 Å². The zero-order valence-corrected chi connectivity index (χ0v) is 28.4. The first-order valence-electron chi connectivity index (χ1n) is 17.0. The molecule has 0 unspecified atom stereocenters. The van der Waals surface area contributed by atoms with Gasteiger partial charge in [0.05, 0.1) is 11.2 Å². The Kier molecular flexibility index (Phi) is 5.75. The molecule has 2 nitrogen and oxygen atoms in total. The van der Waals surface area contributed by atoms with Crippen LogP contribution < -0.4 is 42.2 Å². The number of fused-ring (bicyclic) bond motifs is 4. The van der Waals surface area contributed by atoms with Gasteiger partial charge >= 0.3 is 0 Å². The molecule has 0 fully saturated rings. The first-order chi connectivity index (χ1) is 24.3. The lowest BCUT2D eigenvalue weighted by Crippen LogP contribution is -2.75. The molecule has 49 heavy (non-hydrogen) atoms. The van der Waals surface area contributed by atoms with Crippen molar-refractivity contribution in [2.24, 2.45) is 0 Å². The Balaban J connectivity index is 1.32. The Morgan fingerprint density at radius 3 is 1.69 bits per heavy atom. The second-order valence-electron chi connectivity index (χ2n) is 13.2. The monoisotopic (exact) mass is 656 g/mol. The van der Waals surface area contributed by atoms with Crippen LogP contribution in [-0.2, 0) is 0 Å². The molecule has 1 aromatic heterocycles. The molecule has 11 rings (SSSR count). The first kappa shape index (κ1) is 27.5. The fraction of sp³-hybridized carbons (Fsp3) is 0. The van der Waals surface area contributed by atoms with Crippen molar-refractivity contribution in [1.82, 2.24) is 4.57 Å². The van der Waals surface area contributed by atoms with E-state index in [-0.39, 0.29) is 6.71 Å². The SMILES string of the molecule is c1ccc(N2c3cc([Si](c4ccccc4)(c4ccccc4)c4ccccc4)cc4c3B3c5c(cccc5-n5c3c2c2ccccc25)S4)cc1. The predicted octanol–water partition coefficient (Wildman–Crippen LogP) is 6.09. The van der Waals surface area contributed by atoms with Crippen molar-refractivity contribution in [1.29, 1.82) is 0 Å². The standard InChI is InChI=1S/C44H29BN2SSi/c1-5-16-30(17-6-1)46-38-28-34(49(31-18-7-2-8-19-31,32-20-9-3-10-21-32)33-22-11-4-12-23-33)29-40-42(38)45-41-37(26-15-27-39(41)48-40)47-36-25-14-13-24-35(36)43(46)44(45)47/h1-29H. The summed E-state index contributed by atoms with van der Waals surface area (Å²) in [6, 6.07) is 66.0. The molecule has 0 radical (unpaired) electrons. The second kappa shape index (κ2) is 10.3. The molecule has 0 atom stereocenters. The number of anilines is 3. The van der Waals surface area contributed by atoms with Crippen LogP contribution in [0.5, 0.6) is 0 Å². The van der Waals surface area contributed by atoms with E-state index in [1.165, 1.54) is 80.7 Å². The van der Waals surface area contributed by atoms with Crippen molar-refractivity contribution < 1.29 is 0 Å². The van der Waals surface area contributed by atoms with Gasteiger partial charge in [-0.3, -0.25) is 0 Å². The summed E-state index contributed by atoms with van der Waals surface area (Å²) in [6.07, 6.45) is 0.